The summed E-state index contributed by atoms with van der Waals surface area (Å²) in [6.07, 6.45) is 1.46. The summed E-state index contributed by atoms with van der Waals surface area (Å²) in [6, 6.07) is 10.6. The number of methoxy groups -OCH3 is 2. The van der Waals surface area contributed by atoms with Crippen LogP contribution in [-0.2, 0) is 0 Å². The number of benzene rings is 2. The molecule has 9 nitrogen and oxygen atoms in total. The molecule has 0 aliphatic rings. The van der Waals surface area contributed by atoms with E-state index in [1.54, 1.807) is 20.1 Å². The Morgan fingerprint density at radius 1 is 1.27 bits per heavy atom. The third-order valence-corrected chi connectivity index (χ3v) is 4.75. The molecule has 0 saturated carbocycles. The van der Waals surface area contributed by atoms with Gasteiger partial charge in [-0.2, -0.15) is 5.10 Å². The van der Waals surface area contributed by atoms with Crippen molar-refractivity contribution in [3.05, 3.63) is 57.5 Å². The molecule has 0 spiro atoms. The average Bonchev–Trinajstić information content (AvgIpc) is 3.22. The fraction of sp³-hybridized carbons (Fsp3) is 0.200. The van der Waals surface area contributed by atoms with Crippen LogP contribution in [0.4, 0.5) is 10.8 Å². The second kappa shape index (κ2) is 9.70. The molecule has 0 unspecified atom stereocenters. The van der Waals surface area contributed by atoms with E-state index >= 15 is 0 Å². The third kappa shape index (κ3) is 4.84. The molecule has 0 amide bonds. The first-order valence-corrected chi connectivity index (χ1v) is 9.82. The SMILES string of the molecule is CCOc1cc(/C=N\Nc2nc(-c3cccc(OC)c3)cs2)cc([N+](=O)[O-])c1OC. The summed E-state index contributed by atoms with van der Waals surface area (Å²) in [6.45, 7) is 2.13. The molecule has 156 valence electrons. The lowest BCUT2D eigenvalue weighted by atomic mass is 10.2. The van der Waals surface area contributed by atoms with Crippen molar-refractivity contribution in [3.63, 3.8) is 0 Å². The van der Waals surface area contributed by atoms with E-state index in [0.717, 1.165) is 17.0 Å². The molecule has 0 aliphatic carbocycles. The van der Waals surface area contributed by atoms with Crippen LogP contribution in [0.1, 0.15) is 12.5 Å². The standard InChI is InChI=1S/C20H20N4O5S/c1-4-29-18-9-13(8-17(24(25)26)19(18)28-3)11-21-23-20-22-16(12-30-20)14-6-5-7-15(10-14)27-2/h5-12H,4H2,1-3H3,(H,22,23)/b21-11-. The molecule has 2 aromatic carbocycles. The Balaban J connectivity index is 1.78. The fourth-order valence-electron chi connectivity index (χ4n) is 2.69. The van der Waals surface area contributed by atoms with Crippen molar-refractivity contribution in [2.45, 2.75) is 6.92 Å². The van der Waals surface area contributed by atoms with Gasteiger partial charge < -0.3 is 14.2 Å². The van der Waals surface area contributed by atoms with Crippen molar-refractivity contribution >= 4 is 28.4 Å². The molecule has 10 heteroatoms. The number of anilines is 1. The monoisotopic (exact) mass is 428 g/mol. The summed E-state index contributed by atoms with van der Waals surface area (Å²) in [5, 5.41) is 18.0. The third-order valence-electron chi connectivity index (χ3n) is 4.00. The predicted molar refractivity (Wildman–Crippen MR) is 116 cm³/mol. The second-order valence-electron chi connectivity index (χ2n) is 5.90. The van der Waals surface area contributed by atoms with Crippen molar-refractivity contribution in [2.24, 2.45) is 5.10 Å². The largest absolute Gasteiger partial charge is 0.497 e. The zero-order chi connectivity index (χ0) is 21.5. The van der Waals surface area contributed by atoms with E-state index in [1.165, 1.54) is 30.7 Å². The number of nitrogens with zero attached hydrogens (tertiary/aromatic N) is 3. The van der Waals surface area contributed by atoms with Crippen LogP contribution in [-0.4, -0.2) is 36.9 Å². The highest BCUT2D eigenvalue weighted by Crippen LogP contribution is 2.37. The zero-order valence-corrected chi connectivity index (χ0v) is 17.4. The molecule has 0 atom stereocenters. The molecule has 0 bridgehead atoms. The van der Waals surface area contributed by atoms with Crippen LogP contribution in [0.3, 0.4) is 0 Å². The van der Waals surface area contributed by atoms with Gasteiger partial charge in [-0.05, 0) is 25.1 Å². The molecule has 30 heavy (non-hydrogen) atoms. The zero-order valence-electron chi connectivity index (χ0n) is 16.6. The van der Waals surface area contributed by atoms with Crippen molar-refractivity contribution in [3.8, 4) is 28.5 Å². The number of nitrogens with one attached hydrogen (secondary N) is 1. The van der Waals surface area contributed by atoms with E-state index in [-0.39, 0.29) is 17.2 Å². The van der Waals surface area contributed by atoms with Crippen LogP contribution in [0.15, 0.2) is 46.9 Å². The first kappa shape index (κ1) is 21.1. The van der Waals surface area contributed by atoms with Crippen LogP contribution >= 0.6 is 11.3 Å². The fourth-order valence-corrected chi connectivity index (χ4v) is 3.36. The van der Waals surface area contributed by atoms with Gasteiger partial charge >= 0.3 is 5.69 Å². The van der Waals surface area contributed by atoms with Crippen molar-refractivity contribution < 1.29 is 19.1 Å². The first-order valence-electron chi connectivity index (χ1n) is 8.94. The number of aromatic nitrogens is 1. The van der Waals surface area contributed by atoms with Crippen LogP contribution in [0, 0.1) is 10.1 Å². The highest BCUT2D eigenvalue weighted by Gasteiger charge is 2.21. The number of rotatable bonds is 9. The van der Waals surface area contributed by atoms with Crippen molar-refractivity contribution in [1.82, 2.24) is 4.98 Å². The number of hydrogen-bond donors (Lipinski definition) is 1. The van der Waals surface area contributed by atoms with Gasteiger partial charge in [-0.15, -0.1) is 11.3 Å². The Morgan fingerprint density at radius 2 is 2.10 bits per heavy atom. The Kier molecular flexibility index (Phi) is 6.81. The molecule has 1 N–H and O–H groups in total. The van der Waals surface area contributed by atoms with Crippen molar-refractivity contribution in [1.29, 1.82) is 0 Å². The van der Waals surface area contributed by atoms with Gasteiger partial charge in [0.2, 0.25) is 10.9 Å². The normalized spacial score (nSPS) is 10.8. The quantitative estimate of drug-likeness (QED) is 0.302. The summed E-state index contributed by atoms with van der Waals surface area (Å²) >= 11 is 1.39. The maximum atomic E-state index is 11.4. The van der Waals surface area contributed by atoms with Gasteiger partial charge in [0.25, 0.3) is 0 Å². The maximum absolute atomic E-state index is 11.4. The Bertz CT molecular complexity index is 1070. The van der Waals surface area contributed by atoms with Gasteiger partial charge in [0.1, 0.15) is 5.75 Å². The lowest BCUT2D eigenvalue weighted by Crippen LogP contribution is -2.01. The number of hydrogen-bond acceptors (Lipinski definition) is 9. The second-order valence-corrected chi connectivity index (χ2v) is 6.76. The Hall–Kier alpha value is -3.66. The Morgan fingerprint density at radius 3 is 2.80 bits per heavy atom. The average molecular weight is 428 g/mol. The molecule has 0 radical (unpaired) electrons. The molecule has 0 aliphatic heterocycles. The number of hydrazone groups is 1. The van der Waals surface area contributed by atoms with E-state index in [1.807, 2.05) is 29.6 Å². The highest BCUT2D eigenvalue weighted by molar-refractivity contribution is 7.14. The van der Waals surface area contributed by atoms with E-state index < -0.39 is 4.92 Å². The molecular weight excluding hydrogens is 408 g/mol. The van der Waals surface area contributed by atoms with Crippen LogP contribution in [0.2, 0.25) is 0 Å². The van der Waals surface area contributed by atoms with Gasteiger partial charge in [0.05, 0.1) is 37.7 Å². The highest BCUT2D eigenvalue weighted by atomic mass is 32.1. The molecule has 0 saturated heterocycles. The minimum Gasteiger partial charge on any atom is -0.497 e. The van der Waals surface area contributed by atoms with Crippen LogP contribution < -0.4 is 19.6 Å². The lowest BCUT2D eigenvalue weighted by molar-refractivity contribution is -0.385. The number of nitro benzene ring substituents is 1. The summed E-state index contributed by atoms with van der Waals surface area (Å²) in [4.78, 5) is 15.3. The minimum absolute atomic E-state index is 0.0785. The smallest absolute Gasteiger partial charge is 0.315 e. The van der Waals surface area contributed by atoms with Crippen LogP contribution in [0.25, 0.3) is 11.3 Å². The van der Waals surface area contributed by atoms with E-state index in [4.69, 9.17) is 14.2 Å². The topological polar surface area (TPSA) is 108 Å². The van der Waals surface area contributed by atoms with Gasteiger partial charge in [-0.25, -0.2) is 4.98 Å². The summed E-state index contributed by atoms with van der Waals surface area (Å²) in [5.74, 6) is 1.11. The molecule has 3 aromatic rings. The first-order chi connectivity index (χ1) is 14.5. The number of nitro groups is 1. The predicted octanol–water partition coefficient (Wildman–Crippen LogP) is 4.58. The number of ether oxygens (including phenoxy) is 3. The minimum atomic E-state index is -0.520. The molecule has 1 heterocycles. The Labute approximate surface area is 177 Å². The van der Waals surface area contributed by atoms with Crippen molar-refractivity contribution in [2.75, 3.05) is 26.3 Å². The molecule has 3 rings (SSSR count). The summed E-state index contributed by atoms with van der Waals surface area (Å²) < 4.78 is 15.8. The maximum Gasteiger partial charge on any atom is 0.315 e. The van der Waals surface area contributed by atoms with Gasteiger partial charge in [0, 0.05) is 22.6 Å². The number of thiazole rings is 1. The van der Waals surface area contributed by atoms with E-state index in [2.05, 4.69) is 15.5 Å². The van der Waals surface area contributed by atoms with Gasteiger partial charge in [0.15, 0.2) is 5.75 Å². The van der Waals surface area contributed by atoms with Crippen LogP contribution in [0.5, 0.6) is 17.2 Å². The molecule has 1 aromatic heterocycles. The van der Waals surface area contributed by atoms with Gasteiger partial charge in [-0.1, -0.05) is 12.1 Å². The molecular formula is C20H20N4O5S. The van der Waals surface area contributed by atoms with Gasteiger partial charge in [-0.3, -0.25) is 15.5 Å². The summed E-state index contributed by atoms with van der Waals surface area (Å²) in [5.41, 5.74) is 4.85. The van der Waals surface area contributed by atoms with E-state index in [9.17, 15) is 10.1 Å². The summed E-state index contributed by atoms with van der Waals surface area (Å²) in [7, 11) is 2.98. The lowest BCUT2D eigenvalue weighted by Gasteiger charge is -2.10. The van der Waals surface area contributed by atoms with E-state index in [0.29, 0.717) is 17.3 Å². The molecule has 0 fully saturated rings.